The van der Waals surface area contributed by atoms with Gasteiger partial charge in [-0.3, -0.25) is 0 Å². The minimum Gasteiger partial charge on any atom is -0.478 e. The Morgan fingerprint density at radius 3 is 1.84 bits per heavy atom. The van der Waals surface area contributed by atoms with E-state index in [0.717, 1.165) is 0 Å². The summed E-state index contributed by atoms with van der Waals surface area (Å²) in [5.74, 6) is -1.05. The first-order chi connectivity index (χ1) is 9.11. The first-order valence-corrected chi connectivity index (χ1v) is 6.26. The third-order valence-electron chi connectivity index (χ3n) is 3.50. The summed E-state index contributed by atoms with van der Waals surface area (Å²) < 4.78 is 0. The second-order valence-corrected chi connectivity index (χ2v) is 4.55. The molecule has 1 aromatic rings. The van der Waals surface area contributed by atoms with Gasteiger partial charge in [0.15, 0.2) is 0 Å². The van der Waals surface area contributed by atoms with Crippen LogP contribution < -0.4 is 0 Å². The van der Waals surface area contributed by atoms with Crippen molar-refractivity contribution in [3.05, 3.63) is 35.4 Å². The highest BCUT2D eigenvalue weighted by atomic mass is 16.4. The summed E-state index contributed by atoms with van der Waals surface area (Å²) in [7, 11) is 0. The SMILES string of the molecule is O=C(O)c1ccccc1C(CCO)(CCO)CCO. The molecule has 0 aliphatic heterocycles. The maximum atomic E-state index is 11.3. The van der Waals surface area contributed by atoms with Crippen LogP contribution in [0.4, 0.5) is 0 Å². The third kappa shape index (κ3) is 3.53. The van der Waals surface area contributed by atoms with Gasteiger partial charge in [-0.1, -0.05) is 18.2 Å². The zero-order valence-corrected chi connectivity index (χ0v) is 10.7. The summed E-state index contributed by atoms with van der Waals surface area (Å²) in [5.41, 5.74) is -0.00903. The van der Waals surface area contributed by atoms with Crippen molar-refractivity contribution >= 4 is 5.97 Å². The summed E-state index contributed by atoms with van der Waals surface area (Å²) in [6.45, 7) is -0.393. The molecule has 19 heavy (non-hydrogen) atoms. The molecule has 4 N–H and O–H groups in total. The van der Waals surface area contributed by atoms with E-state index in [4.69, 9.17) is 0 Å². The van der Waals surface area contributed by atoms with Gasteiger partial charge in [-0.25, -0.2) is 4.79 Å². The molecule has 0 bridgehead atoms. The molecule has 0 aromatic heterocycles. The van der Waals surface area contributed by atoms with Crippen molar-refractivity contribution in [1.29, 1.82) is 0 Å². The van der Waals surface area contributed by atoms with E-state index in [9.17, 15) is 25.2 Å². The second-order valence-electron chi connectivity index (χ2n) is 4.55. The van der Waals surface area contributed by atoms with Crippen molar-refractivity contribution in [3.8, 4) is 0 Å². The topological polar surface area (TPSA) is 98.0 Å². The van der Waals surface area contributed by atoms with Gasteiger partial charge in [0.1, 0.15) is 0 Å². The van der Waals surface area contributed by atoms with Crippen LogP contribution in [-0.2, 0) is 5.41 Å². The van der Waals surface area contributed by atoms with Crippen LogP contribution in [0.15, 0.2) is 24.3 Å². The second kappa shape index (κ2) is 7.23. The molecule has 0 fully saturated rings. The van der Waals surface area contributed by atoms with Crippen LogP contribution in [0.25, 0.3) is 0 Å². The van der Waals surface area contributed by atoms with Gasteiger partial charge in [-0.15, -0.1) is 0 Å². The molecular formula is C14H20O5. The molecule has 0 aliphatic carbocycles. The van der Waals surface area contributed by atoms with E-state index in [1.54, 1.807) is 18.2 Å². The van der Waals surface area contributed by atoms with Crippen molar-refractivity contribution < 1.29 is 25.2 Å². The lowest BCUT2D eigenvalue weighted by atomic mass is 9.71. The number of benzene rings is 1. The van der Waals surface area contributed by atoms with Crippen LogP contribution in [-0.4, -0.2) is 46.2 Å². The van der Waals surface area contributed by atoms with Gasteiger partial charge < -0.3 is 20.4 Å². The molecule has 5 heteroatoms. The lowest BCUT2D eigenvalue weighted by molar-refractivity contribution is 0.0689. The largest absolute Gasteiger partial charge is 0.478 e. The number of aliphatic hydroxyl groups excluding tert-OH is 3. The van der Waals surface area contributed by atoms with E-state index >= 15 is 0 Å². The van der Waals surface area contributed by atoms with Crippen molar-refractivity contribution in [1.82, 2.24) is 0 Å². The fraction of sp³-hybridized carbons (Fsp3) is 0.500. The van der Waals surface area contributed by atoms with E-state index in [1.807, 2.05) is 0 Å². The van der Waals surface area contributed by atoms with E-state index < -0.39 is 11.4 Å². The van der Waals surface area contributed by atoms with Crippen molar-refractivity contribution in [2.75, 3.05) is 19.8 Å². The molecule has 1 rings (SSSR count). The molecule has 106 valence electrons. The minimum absolute atomic E-state index is 0.131. The van der Waals surface area contributed by atoms with E-state index in [2.05, 4.69) is 0 Å². The Labute approximate surface area is 112 Å². The van der Waals surface area contributed by atoms with Crippen LogP contribution in [0.3, 0.4) is 0 Å². The highest BCUT2D eigenvalue weighted by Crippen LogP contribution is 2.37. The average molecular weight is 268 g/mol. The summed E-state index contributed by atoms with van der Waals surface area (Å²) in [6.07, 6.45) is 0.912. The minimum atomic E-state index is -1.05. The Bertz CT molecular complexity index is 399. The molecule has 5 nitrogen and oxygen atoms in total. The van der Waals surface area contributed by atoms with Gasteiger partial charge in [0, 0.05) is 25.2 Å². The predicted octanol–water partition coefficient (Wildman–Crippen LogP) is 0.770. The molecule has 0 spiro atoms. The van der Waals surface area contributed by atoms with Gasteiger partial charge in [0.05, 0.1) is 5.56 Å². The van der Waals surface area contributed by atoms with Crippen molar-refractivity contribution in [3.63, 3.8) is 0 Å². The Morgan fingerprint density at radius 1 is 0.947 bits per heavy atom. The molecule has 0 heterocycles. The maximum Gasteiger partial charge on any atom is 0.335 e. The number of hydrogen-bond donors (Lipinski definition) is 4. The summed E-state index contributed by atoms with van der Waals surface area (Å²) in [4.78, 5) is 11.3. The Kier molecular flexibility index (Phi) is 5.95. The van der Waals surface area contributed by atoms with E-state index in [-0.39, 0.29) is 25.4 Å². The number of aromatic carboxylic acids is 1. The maximum absolute atomic E-state index is 11.3. The number of aliphatic hydroxyl groups is 3. The molecule has 0 aliphatic rings. The lowest BCUT2D eigenvalue weighted by Crippen LogP contribution is -2.32. The fourth-order valence-electron chi connectivity index (χ4n) is 2.55. The van der Waals surface area contributed by atoms with Gasteiger partial charge in [0.2, 0.25) is 0 Å². The Hall–Kier alpha value is -1.43. The van der Waals surface area contributed by atoms with Gasteiger partial charge in [0.25, 0.3) is 0 Å². The number of carbonyl (C=O) groups is 1. The monoisotopic (exact) mass is 268 g/mol. The van der Waals surface area contributed by atoms with Crippen LogP contribution >= 0.6 is 0 Å². The first-order valence-electron chi connectivity index (χ1n) is 6.26. The van der Waals surface area contributed by atoms with Crippen molar-refractivity contribution in [2.45, 2.75) is 24.7 Å². The zero-order chi connectivity index (χ0) is 14.3. The zero-order valence-electron chi connectivity index (χ0n) is 10.7. The fourth-order valence-corrected chi connectivity index (χ4v) is 2.55. The van der Waals surface area contributed by atoms with Gasteiger partial charge >= 0.3 is 5.97 Å². The Balaban J connectivity index is 3.33. The van der Waals surface area contributed by atoms with Crippen LogP contribution in [0.1, 0.15) is 35.2 Å². The number of rotatable bonds is 8. The third-order valence-corrected chi connectivity index (χ3v) is 3.50. The van der Waals surface area contributed by atoms with E-state index in [1.165, 1.54) is 6.07 Å². The van der Waals surface area contributed by atoms with Crippen LogP contribution in [0, 0.1) is 0 Å². The van der Waals surface area contributed by atoms with E-state index in [0.29, 0.717) is 24.8 Å². The normalized spacial score (nSPS) is 11.5. The molecule has 0 saturated carbocycles. The quantitative estimate of drug-likeness (QED) is 0.558. The van der Waals surface area contributed by atoms with Crippen LogP contribution in [0.5, 0.6) is 0 Å². The van der Waals surface area contributed by atoms with Crippen LogP contribution in [0.2, 0.25) is 0 Å². The van der Waals surface area contributed by atoms with Gasteiger partial charge in [-0.2, -0.15) is 0 Å². The summed E-state index contributed by atoms with van der Waals surface area (Å²) >= 11 is 0. The standard InChI is InChI=1S/C14H20O5/c15-8-5-14(6-9-16,7-10-17)12-4-2-1-3-11(12)13(18)19/h1-4,15-17H,5-10H2,(H,18,19). The predicted molar refractivity (Wildman–Crippen MR) is 70.2 cm³/mol. The molecule has 0 radical (unpaired) electrons. The van der Waals surface area contributed by atoms with Crippen molar-refractivity contribution in [2.24, 2.45) is 0 Å². The molecule has 1 aromatic carbocycles. The smallest absolute Gasteiger partial charge is 0.335 e. The van der Waals surface area contributed by atoms with Gasteiger partial charge in [-0.05, 0) is 30.9 Å². The number of carboxylic acid groups (broad SMARTS) is 1. The average Bonchev–Trinajstić information content (AvgIpc) is 2.39. The molecule has 0 unspecified atom stereocenters. The molecular weight excluding hydrogens is 248 g/mol. The molecule has 0 atom stereocenters. The first kappa shape index (κ1) is 15.6. The summed E-state index contributed by atoms with van der Waals surface area (Å²) in [5, 5.41) is 37.0. The Morgan fingerprint density at radius 2 is 1.42 bits per heavy atom. The highest BCUT2D eigenvalue weighted by Gasteiger charge is 2.34. The number of carboxylic acids is 1. The summed E-state index contributed by atoms with van der Waals surface area (Å²) in [6, 6.07) is 6.54. The molecule has 0 saturated heterocycles. The molecule has 0 amide bonds. The number of hydrogen-bond acceptors (Lipinski definition) is 4. The highest BCUT2D eigenvalue weighted by molar-refractivity contribution is 5.89. The lowest BCUT2D eigenvalue weighted by Gasteiger charge is -2.34.